The predicted octanol–water partition coefficient (Wildman–Crippen LogP) is 3.70. The summed E-state index contributed by atoms with van der Waals surface area (Å²) in [6.07, 6.45) is 1.92. The van der Waals surface area contributed by atoms with E-state index < -0.39 is 0 Å². The van der Waals surface area contributed by atoms with Gasteiger partial charge in [0.15, 0.2) is 0 Å². The number of anilines is 1. The zero-order valence-electron chi connectivity index (χ0n) is 12.4. The van der Waals surface area contributed by atoms with Crippen LogP contribution in [0, 0.1) is 13.8 Å². The molecule has 0 saturated heterocycles. The Bertz CT molecular complexity index is 699. The van der Waals surface area contributed by atoms with Crippen LogP contribution in [-0.2, 0) is 0 Å². The Labute approximate surface area is 119 Å². The average molecular weight is 265 g/mol. The van der Waals surface area contributed by atoms with Crippen molar-refractivity contribution in [2.45, 2.75) is 33.4 Å². The van der Waals surface area contributed by atoms with Gasteiger partial charge in [-0.3, -0.25) is 9.98 Å². The third-order valence-corrected chi connectivity index (χ3v) is 3.63. The van der Waals surface area contributed by atoms with Crippen LogP contribution in [0.4, 0.5) is 5.69 Å². The number of aliphatic imine (C=N–C) groups is 1. The van der Waals surface area contributed by atoms with Crippen molar-refractivity contribution < 1.29 is 0 Å². The molecular weight excluding hydrogens is 246 g/mol. The molecule has 0 fully saturated rings. The maximum atomic E-state index is 4.86. The lowest BCUT2D eigenvalue weighted by atomic mass is 9.96. The number of nitrogens with zero attached hydrogens (tertiary/aromatic N) is 2. The first-order valence-corrected chi connectivity index (χ1v) is 6.87. The molecule has 3 nitrogen and oxygen atoms in total. The van der Waals surface area contributed by atoms with E-state index in [0.717, 1.165) is 28.2 Å². The van der Waals surface area contributed by atoms with Gasteiger partial charge in [-0.05, 0) is 45.4 Å². The molecule has 2 heterocycles. The lowest BCUT2D eigenvalue weighted by molar-refractivity contribution is 0.597. The molecule has 1 aromatic carbocycles. The van der Waals surface area contributed by atoms with E-state index in [-0.39, 0.29) is 5.66 Å². The van der Waals surface area contributed by atoms with E-state index in [1.165, 1.54) is 5.56 Å². The van der Waals surface area contributed by atoms with Crippen LogP contribution in [-0.4, -0.2) is 16.4 Å². The Kier molecular flexibility index (Phi) is 2.85. The van der Waals surface area contributed by atoms with Crippen LogP contribution < -0.4 is 5.32 Å². The second-order valence-electron chi connectivity index (χ2n) is 5.82. The smallest absolute Gasteiger partial charge is 0.124 e. The Hall–Kier alpha value is -2.16. The van der Waals surface area contributed by atoms with Crippen molar-refractivity contribution in [2.24, 2.45) is 4.99 Å². The largest absolute Gasteiger partial charge is 0.361 e. The Balaban J connectivity index is 2.19. The zero-order valence-corrected chi connectivity index (χ0v) is 12.4. The summed E-state index contributed by atoms with van der Waals surface area (Å²) in [7, 11) is 0. The molecule has 1 aliphatic heterocycles. The molecule has 1 aromatic heterocycles. The van der Waals surface area contributed by atoms with Crippen LogP contribution in [0.25, 0.3) is 0 Å². The van der Waals surface area contributed by atoms with Crippen molar-refractivity contribution in [2.75, 3.05) is 5.32 Å². The van der Waals surface area contributed by atoms with Crippen molar-refractivity contribution in [3.63, 3.8) is 0 Å². The summed E-state index contributed by atoms with van der Waals surface area (Å²) < 4.78 is 0. The number of fused-ring (bicyclic) bond motifs is 1. The molecule has 102 valence electrons. The summed E-state index contributed by atoms with van der Waals surface area (Å²) in [6, 6.07) is 10.5. The number of hydrogen-bond acceptors (Lipinski definition) is 3. The van der Waals surface area contributed by atoms with Gasteiger partial charge in [0.2, 0.25) is 0 Å². The number of rotatable bonds is 1. The van der Waals surface area contributed by atoms with E-state index in [1.54, 1.807) is 0 Å². The molecule has 0 unspecified atom stereocenters. The normalized spacial score (nSPS) is 16.1. The molecule has 1 aliphatic rings. The number of para-hydroxylation sites is 1. The van der Waals surface area contributed by atoms with E-state index in [4.69, 9.17) is 4.99 Å². The molecule has 0 bridgehead atoms. The number of benzene rings is 1. The second kappa shape index (κ2) is 4.44. The zero-order chi connectivity index (χ0) is 14.3. The Morgan fingerprint density at radius 1 is 1.10 bits per heavy atom. The predicted molar refractivity (Wildman–Crippen MR) is 83.5 cm³/mol. The highest BCUT2D eigenvalue weighted by Gasteiger charge is 2.26. The number of hydrogen-bond donors (Lipinski definition) is 1. The summed E-state index contributed by atoms with van der Waals surface area (Å²) in [5.41, 5.74) is 6.31. The number of aryl methyl sites for hydroxylation is 2. The summed E-state index contributed by atoms with van der Waals surface area (Å²) in [5.74, 6) is 0. The van der Waals surface area contributed by atoms with Gasteiger partial charge in [-0.15, -0.1) is 0 Å². The minimum atomic E-state index is -0.303. The standard InChI is InChI=1S/C17H19N3/c1-11-9-13(10-18-12(11)2)16-14-7-5-6-8-15(14)19-17(3,4)20-16/h5-10,19H,1-4H3. The molecule has 20 heavy (non-hydrogen) atoms. The number of pyridine rings is 1. The van der Waals surface area contributed by atoms with E-state index in [0.29, 0.717) is 0 Å². The van der Waals surface area contributed by atoms with Crippen molar-refractivity contribution >= 4 is 11.4 Å². The van der Waals surface area contributed by atoms with E-state index >= 15 is 0 Å². The summed E-state index contributed by atoms with van der Waals surface area (Å²) in [4.78, 5) is 9.34. The van der Waals surface area contributed by atoms with Gasteiger partial charge in [0.1, 0.15) is 5.66 Å². The van der Waals surface area contributed by atoms with Crippen LogP contribution in [0.5, 0.6) is 0 Å². The van der Waals surface area contributed by atoms with Gasteiger partial charge < -0.3 is 5.32 Å². The van der Waals surface area contributed by atoms with Crippen LogP contribution in [0.2, 0.25) is 0 Å². The minimum Gasteiger partial charge on any atom is -0.361 e. The lowest BCUT2D eigenvalue weighted by Gasteiger charge is -2.31. The van der Waals surface area contributed by atoms with Crippen LogP contribution in [0.1, 0.15) is 36.2 Å². The average Bonchev–Trinajstić information content (AvgIpc) is 2.40. The van der Waals surface area contributed by atoms with Gasteiger partial charge in [-0.1, -0.05) is 18.2 Å². The summed E-state index contributed by atoms with van der Waals surface area (Å²) in [6.45, 7) is 8.28. The molecule has 2 aromatic rings. The highest BCUT2D eigenvalue weighted by atomic mass is 15.1. The van der Waals surface area contributed by atoms with Crippen molar-refractivity contribution in [3.05, 3.63) is 58.9 Å². The molecule has 0 amide bonds. The molecule has 0 radical (unpaired) electrons. The summed E-state index contributed by atoms with van der Waals surface area (Å²) >= 11 is 0. The quantitative estimate of drug-likeness (QED) is 0.853. The SMILES string of the molecule is Cc1cc(C2=NC(C)(C)Nc3ccccc32)cnc1C. The van der Waals surface area contributed by atoms with Gasteiger partial charge in [-0.25, -0.2) is 0 Å². The Morgan fingerprint density at radius 3 is 2.60 bits per heavy atom. The van der Waals surface area contributed by atoms with Crippen molar-refractivity contribution in [1.29, 1.82) is 0 Å². The van der Waals surface area contributed by atoms with Gasteiger partial charge >= 0.3 is 0 Å². The fourth-order valence-corrected chi connectivity index (χ4v) is 2.49. The van der Waals surface area contributed by atoms with Gasteiger partial charge in [0, 0.05) is 28.7 Å². The van der Waals surface area contributed by atoms with Gasteiger partial charge in [0.05, 0.1) is 5.71 Å². The van der Waals surface area contributed by atoms with E-state index in [2.05, 4.69) is 49.3 Å². The third kappa shape index (κ3) is 2.20. The fraction of sp³-hybridized carbons (Fsp3) is 0.294. The third-order valence-electron chi connectivity index (χ3n) is 3.63. The first kappa shape index (κ1) is 12.9. The first-order chi connectivity index (χ1) is 9.46. The van der Waals surface area contributed by atoms with Gasteiger partial charge in [0.25, 0.3) is 0 Å². The van der Waals surface area contributed by atoms with E-state index in [9.17, 15) is 0 Å². The molecular formula is C17H19N3. The fourth-order valence-electron chi connectivity index (χ4n) is 2.49. The summed E-state index contributed by atoms with van der Waals surface area (Å²) in [5, 5.41) is 3.45. The molecule has 1 N–H and O–H groups in total. The van der Waals surface area contributed by atoms with Crippen LogP contribution >= 0.6 is 0 Å². The minimum absolute atomic E-state index is 0.303. The topological polar surface area (TPSA) is 37.3 Å². The second-order valence-corrected chi connectivity index (χ2v) is 5.82. The molecule has 3 heteroatoms. The van der Waals surface area contributed by atoms with Crippen molar-refractivity contribution in [3.8, 4) is 0 Å². The monoisotopic (exact) mass is 265 g/mol. The molecule has 0 spiro atoms. The maximum absolute atomic E-state index is 4.86. The maximum Gasteiger partial charge on any atom is 0.124 e. The highest BCUT2D eigenvalue weighted by Crippen LogP contribution is 2.30. The van der Waals surface area contributed by atoms with Crippen molar-refractivity contribution in [1.82, 2.24) is 4.98 Å². The number of aromatic nitrogens is 1. The first-order valence-electron chi connectivity index (χ1n) is 6.87. The molecule has 0 aliphatic carbocycles. The lowest BCUT2D eigenvalue weighted by Crippen LogP contribution is -2.34. The molecule has 0 saturated carbocycles. The number of nitrogens with one attached hydrogen (secondary N) is 1. The Morgan fingerprint density at radius 2 is 1.85 bits per heavy atom. The van der Waals surface area contributed by atoms with Gasteiger partial charge in [-0.2, -0.15) is 0 Å². The van der Waals surface area contributed by atoms with Crippen LogP contribution in [0.3, 0.4) is 0 Å². The van der Waals surface area contributed by atoms with Crippen LogP contribution in [0.15, 0.2) is 41.5 Å². The molecule has 3 rings (SSSR count). The van der Waals surface area contributed by atoms with E-state index in [1.807, 2.05) is 25.3 Å². The highest BCUT2D eigenvalue weighted by molar-refractivity contribution is 6.17. The molecule has 0 atom stereocenters.